The molecule has 0 saturated heterocycles. The third-order valence-corrected chi connectivity index (χ3v) is 8.34. The van der Waals surface area contributed by atoms with Crippen molar-refractivity contribution in [2.24, 2.45) is 5.41 Å². The first kappa shape index (κ1) is 21.2. The molecule has 0 aliphatic heterocycles. The number of alkyl halides is 1. The van der Waals surface area contributed by atoms with Crippen molar-refractivity contribution >= 4 is 36.8 Å². The zero-order valence-corrected chi connectivity index (χ0v) is 19.3. The van der Waals surface area contributed by atoms with Crippen molar-refractivity contribution < 1.29 is 15.0 Å². The summed E-state index contributed by atoms with van der Waals surface area (Å²) in [6.07, 6.45) is 5.49. The van der Waals surface area contributed by atoms with Gasteiger partial charge in [-0.1, -0.05) is 61.7 Å². The molecule has 156 valence electrons. The number of carbonyl (C=O) groups is 1. The van der Waals surface area contributed by atoms with Crippen LogP contribution in [-0.4, -0.2) is 30.3 Å². The number of aliphatic hydroxyl groups excluding tert-OH is 1. The molecule has 4 nitrogen and oxygen atoms in total. The van der Waals surface area contributed by atoms with E-state index in [1.807, 2.05) is 24.3 Å². The highest BCUT2D eigenvalue weighted by Crippen LogP contribution is 2.54. The summed E-state index contributed by atoms with van der Waals surface area (Å²) in [6.45, 7) is 4.15. The number of aliphatic hydroxyl groups is 2. The normalized spacial score (nSPS) is 24.3. The topological polar surface area (TPSA) is 69.6 Å². The molecule has 0 spiro atoms. The number of hydrogen-bond acceptors (Lipinski definition) is 3. The summed E-state index contributed by atoms with van der Waals surface area (Å²) in [5, 5.41) is 23.8. The number of anilines is 1. The highest BCUT2D eigenvalue weighted by molar-refractivity contribution is 14.2. The Bertz CT molecular complexity index is 1080. The van der Waals surface area contributed by atoms with E-state index in [2.05, 4.69) is 41.9 Å². The van der Waals surface area contributed by atoms with E-state index < -0.39 is 35.9 Å². The molecule has 2 aliphatic carbocycles. The van der Waals surface area contributed by atoms with Crippen LogP contribution in [0.1, 0.15) is 24.0 Å². The first-order valence-corrected chi connectivity index (χ1v) is 12.6. The average molecular weight is 515 g/mol. The number of allylic oxidation sites excluding steroid dienone is 1. The van der Waals surface area contributed by atoms with E-state index in [0.717, 1.165) is 35.2 Å². The molecule has 1 saturated carbocycles. The van der Waals surface area contributed by atoms with Crippen molar-refractivity contribution in [3.63, 3.8) is 0 Å². The van der Waals surface area contributed by atoms with Crippen molar-refractivity contribution in [2.45, 2.75) is 36.4 Å². The molecule has 0 bridgehead atoms. The number of aryl methyl sites for hydroxylation is 2. The Morgan fingerprint density at radius 1 is 1.13 bits per heavy atom. The minimum absolute atomic E-state index is 0.0663. The molecule has 2 aromatic carbocycles. The van der Waals surface area contributed by atoms with Crippen LogP contribution in [0.4, 0.5) is 5.69 Å². The van der Waals surface area contributed by atoms with Crippen LogP contribution in [0.5, 0.6) is 0 Å². The smallest absolute Gasteiger partial charge is 0.235 e. The fraction of sp³-hybridized carbons (Fsp3) is 0.280. The van der Waals surface area contributed by atoms with Gasteiger partial charge in [-0.2, -0.15) is 0 Å². The molecule has 1 amide bonds. The molecule has 30 heavy (non-hydrogen) atoms. The molecule has 2 aromatic rings. The highest BCUT2D eigenvalue weighted by Gasteiger charge is 2.53. The van der Waals surface area contributed by atoms with Crippen LogP contribution in [0.2, 0.25) is 0 Å². The van der Waals surface area contributed by atoms with E-state index >= 15 is 0 Å². The van der Waals surface area contributed by atoms with Gasteiger partial charge in [0, 0.05) is 5.69 Å². The molecular weight excluding hydrogens is 489 g/mol. The van der Waals surface area contributed by atoms with Crippen molar-refractivity contribution in [3.05, 3.63) is 77.4 Å². The standard InChI is InChI=1S/C25H26INO3/c1-16-6-4-5-7-20(16)21-9-8-19(14-17(21)2)27-23(29)24(12-13-24)18-10-11-25(30,26-3)22(28)15-18/h4-11,14-15,22,28,30H,3,12-13H2,1-2H3,(H,27,29)/t22-,25?/m1/s1. The maximum Gasteiger partial charge on any atom is 0.235 e. The maximum absolute atomic E-state index is 13.1. The Kier molecular flexibility index (Phi) is 5.55. The third kappa shape index (κ3) is 3.70. The lowest BCUT2D eigenvalue weighted by atomic mass is 9.88. The number of rotatable bonds is 5. The second-order valence-electron chi connectivity index (χ2n) is 8.14. The van der Waals surface area contributed by atoms with E-state index in [9.17, 15) is 15.0 Å². The van der Waals surface area contributed by atoms with Crippen LogP contribution in [-0.2, 0) is 4.79 Å². The summed E-state index contributed by atoms with van der Waals surface area (Å²) in [5.74, 6) is -0.0663. The zero-order valence-electron chi connectivity index (χ0n) is 17.2. The van der Waals surface area contributed by atoms with E-state index in [4.69, 9.17) is 0 Å². The first-order valence-electron chi connectivity index (χ1n) is 9.99. The fourth-order valence-corrected chi connectivity index (χ4v) is 5.10. The molecule has 2 atom stereocenters. The van der Waals surface area contributed by atoms with Crippen molar-refractivity contribution in [1.29, 1.82) is 0 Å². The Morgan fingerprint density at radius 3 is 2.43 bits per heavy atom. The maximum atomic E-state index is 13.1. The zero-order chi connectivity index (χ0) is 21.5. The van der Waals surface area contributed by atoms with Crippen LogP contribution < -0.4 is 5.32 Å². The van der Waals surface area contributed by atoms with Crippen LogP contribution >= 0.6 is 20.7 Å². The van der Waals surface area contributed by atoms with E-state index in [1.54, 1.807) is 18.2 Å². The lowest BCUT2D eigenvalue weighted by Gasteiger charge is -2.29. The lowest BCUT2D eigenvalue weighted by Crippen LogP contribution is -2.37. The van der Waals surface area contributed by atoms with E-state index in [-0.39, 0.29) is 5.91 Å². The number of nitrogens with one attached hydrogen (secondary N) is 1. The fourth-order valence-electron chi connectivity index (χ4n) is 4.03. The van der Waals surface area contributed by atoms with Crippen LogP contribution in [0.15, 0.2) is 66.3 Å². The largest absolute Gasteiger partial charge is 0.385 e. The van der Waals surface area contributed by atoms with Crippen molar-refractivity contribution in [2.75, 3.05) is 5.32 Å². The van der Waals surface area contributed by atoms with Gasteiger partial charge in [0.2, 0.25) is 5.91 Å². The third-order valence-electron chi connectivity index (χ3n) is 6.12. The first-order chi connectivity index (χ1) is 14.3. The van der Waals surface area contributed by atoms with Crippen molar-refractivity contribution in [1.82, 2.24) is 0 Å². The summed E-state index contributed by atoms with van der Waals surface area (Å²) in [4.78, 5) is 13.1. The Balaban J connectivity index is 1.54. The molecule has 1 unspecified atom stereocenters. The van der Waals surface area contributed by atoms with Gasteiger partial charge in [0.25, 0.3) is 0 Å². The Morgan fingerprint density at radius 2 is 1.83 bits per heavy atom. The van der Waals surface area contributed by atoms with Crippen LogP contribution in [0.25, 0.3) is 11.1 Å². The van der Waals surface area contributed by atoms with Gasteiger partial charge >= 0.3 is 0 Å². The SMILES string of the molecule is C=IC1(O)C=CC(C2(C(=O)Nc3ccc(-c4ccccc4C)c(C)c3)CC2)=C[C@H]1O. The molecule has 0 aromatic heterocycles. The molecule has 0 radical (unpaired) electrons. The van der Waals surface area contributed by atoms with Gasteiger partial charge in [0.15, 0.2) is 3.61 Å². The quantitative estimate of drug-likeness (QED) is 0.402. The van der Waals surface area contributed by atoms with Gasteiger partial charge in [-0.3, -0.25) is 4.79 Å². The van der Waals surface area contributed by atoms with Crippen LogP contribution in [0, 0.1) is 19.3 Å². The second-order valence-corrected chi connectivity index (χ2v) is 10.6. The molecule has 1 fully saturated rings. The summed E-state index contributed by atoms with van der Waals surface area (Å²) < 4.78 is 2.56. The van der Waals surface area contributed by atoms with E-state index in [0.29, 0.717) is 0 Å². The summed E-state index contributed by atoms with van der Waals surface area (Å²) >= 11 is -0.835. The molecule has 5 heteroatoms. The van der Waals surface area contributed by atoms with E-state index in [1.165, 1.54) is 11.1 Å². The summed E-state index contributed by atoms with van der Waals surface area (Å²) in [5.41, 5.74) is 5.59. The minimum Gasteiger partial charge on any atom is -0.385 e. The predicted molar refractivity (Wildman–Crippen MR) is 131 cm³/mol. The predicted octanol–water partition coefficient (Wildman–Crippen LogP) is 4.64. The second kappa shape index (κ2) is 7.87. The highest BCUT2D eigenvalue weighted by atomic mass is 127. The summed E-state index contributed by atoms with van der Waals surface area (Å²) in [7, 11) is 0. The minimum atomic E-state index is -1.25. The lowest BCUT2D eigenvalue weighted by molar-refractivity contribution is -0.119. The molecule has 4 rings (SSSR count). The summed E-state index contributed by atoms with van der Waals surface area (Å²) in [6, 6.07) is 14.3. The van der Waals surface area contributed by atoms with Gasteiger partial charge in [0.1, 0.15) is 6.10 Å². The van der Waals surface area contributed by atoms with Gasteiger partial charge < -0.3 is 15.5 Å². The monoisotopic (exact) mass is 515 g/mol. The van der Waals surface area contributed by atoms with Gasteiger partial charge in [-0.05, 0) is 78.8 Å². The van der Waals surface area contributed by atoms with Gasteiger partial charge in [-0.15, -0.1) is 0 Å². The number of carbonyl (C=O) groups excluding carboxylic acids is 1. The van der Waals surface area contributed by atoms with Crippen LogP contribution in [0.3, 0.4) is 0 Å². The molecule has 3 N–H and O–H groups in total. The number of hydrogen-bond donors (Lipinski definition) is 3. The van der Waals surface area contributed by atoms with Crippen molar-refractivity contribution in [3.8, 4) is 11.1 Å². The average Bonchev–Trinajstić information content (AvgIpc) is 3.53. The Hall–Kier alpha value is -2.09. The molecule has 2 aliphatic rings. The number of halogens is 1. The molecule has 0 heterocycles. The number of benzene rings is 2. The molecular formula is C25H26INO3. The van der Waals surface area contributed by atoms with Gasteiger partial charge in [-0.25, -0.2) is 0 Å². The Labute approximate surface area is 187 Å². The van der Waals surface area contributed by atoms with Gasteiger partial charge in [0.05, 0.1) is 5.41 Å². The number of amides is 1.